The normalized spacial score (nSPS) is 25.3. The summed E-state index contributed by atoms with van der Waals surface area (Å²) < 4.78 is 0. The first-order valence-corrected chi connectivity index (χ1v) is 7.02. The fourth-order valence-corrected chi connectivity index (χ4v) is 3.53. The van der Waals surface area contributed by atoms with E-state index < -0.39 is 5.97 Å². The third-order valence-electron chi connectivity index (χ3n) is 4.51. The number of aliphatic carboxylic acids is 1. The van der Waals surface area contributed by atoms with Gasteiger partial charge in [0.2, 0.25) is 0 Å². The predicted molar refractivity (Wildman–Crippen MR) is 68.0 cm³/mol. The Morgan fingerprint density at radius 2 is 1.71 bits per heavy atom. The zero-order valence-electron chi connectivity index (χ0n) is 11.2. The molecule has 2 rings (SSSR count). The van der Waals surface area contributed by atoms with Crippen LogP contribution in [0.3, 0.4) is 0 Å². The fraction of sp³-hybridized carbons (Fsp3) is 0.929. The highest BCUT2D eigenvalue weighted by atomic mass is 16.4. The number of carboxylic acids is 1. The zero-order chi connectivity index (χ0) is 12.5. The summed E-state index contributed by atoms with van der Waals surface area (Å²) in [5, 5.41) is 9.18. The van der Waals surface area contributed by atoms with E-state index in [1.807, 2.05) is 0 Å². The van der Waals surface area contributed by atoms with Crippen LogP contribution in [0.2, 0.25) is 0 Å². The molecule has 1 aliphatic carbocycles. The van der Waals surface area contributed by atoms with Gasteiger partial charge in [0.05, 0.1) is 5.41 Å². The summed E-state index contributed by atoms with van der Waals surface area (Å²) in [6, 6.07) is 0. The van der Waals surface area contributed by atoms with Gasteiger partial charge < -0.3 is 10.0 Å². The first kappa shape index (κ1) is 12.9. The molecular weight excluding hydrogens is 214 g/mol. The Hall–Kier alpha value is -0.570. The Kier molecular flexibility index (Phi) is 3.48. The maximum atomic E-state index is 11.1. The minimum Gasteiger partial charge on any atom is -0.481 e. The zero-order valence-corrected chi connectivity index (χ0v) is 11.2. The van der Waals surface area contributed by atoms with E-state index in [0.29, 0.717) is 5.41 Å². The molecule has 3 heteroatoms. The van der Waals surface area contributed by atoms with Crippen LogP contribution >= 0.6 is 0 Å². The average Bonchev–Trinajstić information content (AvgIpc) is 2.97. The number of hydrogen-bond donors (Lipinski definition) is 1. The first-order chi connectivity index (χ1) is 8.06. The van der Waals surface area contributed by atoms with Crippen LogP contribution in [0.4, 0.5) is 0 Å². The maximum absolute atomic E-state index is 11.1. The monoisotopic (exact) mass is 239 g/mol. The van der Waals surface area contributed by atoms with Crippen molar-refractivity contribution in [1.82, 2.24) is 4.90 Å². The summed E-state index contributed by atoms with van der Waals surface area (Å²) in [4.78, 5) is 13.5. The van der Waals surface area contributed by atoms with E-state index in [9.17, 15) is 9.90 Å². The molecule has 2 aliphatic rings. The van der Waals surface area contributed by atoms with Crippen molar-refractivity contribution in [3.8, 4) is 0 Å². The van der Waals surface area contributed by atoms with Gasteiger partial charge in [0.25, 0.3) is 0 Å². The van der Waals surface area contributed by atoms with Gasteiger partial charge in [-0.15, -0.1) is 0 Å². The Morgan fingerprint density at radius 1 is 1.18 bits per heavy atom. The van der Waals surface area contributed by atoms with Crippen molar-refractivity contribution in [3.05, 3.63) is 0 Å². The van der Waals surface area contributed by atoms with Crippen molar-refractivity contribution in [1.29, 1.82) is 0 Å². The molecule has 0 spiro atoms. The molecule has 0 atom stereocenters. The summed E-state index contributed by atoms with van der Waals surface area (Å²) >= 11 is 0. The highest BCUT2D eigenvalue weighted by Gasteiger charge is 2.54. The van der Waals surface area contributed by atoms with Gasteiger partial charge >= 0.3 is 5.97 Å². The fourth-order valence-electron chi connectivity index (χ4n) is 3.53. The molecular formula is C14H25NO2. The number of likely N-dealkylation sites (tertiary alicyclic amines) is 1. The van der Waals surface area contributed by atoms with Gasteiger partial charge in [-0.2, -0.15) is 0 Å². The minimum absolute atomic E-state index is 0.370. The molecule has 98 valence electrons. The Balaban J connectivity index is 1.82. The lowest BCUT2D eigenvalue weighted by Gasteiger charge is -2.51. The Bertz CT molecular complexity index is 283. The SMILES string of the molecule is CCCC1(CCC)CN(CC2(C(=O)O)CC2)C1. The van der Waals surface area contributed by atoms with Crippen molar-refractivity contribution < 1.29 is 9.90 Å². The predicted octanol–water partition coefficient (Wildman–Crippen LogP) is 2.75. The molecule has 1 saturated carbocycles. The van der Waals surface area contributed by atoms with Crippen molar-refractivity contribution in [2.45, 2.75) is 52.4 Å². The maximum Gasteiger partial charge on any atom is 0.310 e. The average molecular weight is 239 g/mol. The molecule has 1 aliphatic heterocycles. The molecule has 0 unspecified atom stereocenters. The van der Waals surface area contributed by atoms with Gasteiger partial charge in [0, 0.05) is 19.6 Å². The number of hydrogen-bond acceptors (Lipinski definition) is 2. The van der Waals surface area contributed by atoms with Gasteiger partial charge in [0.15, 0.2) is 0 Å². The standard InChI is InChI=1S/C14H25NO2/c1-3-5-13(6-4-2)9-15(10-13)11-14(7-8-14)12(16)17/h3-11H2,1-2H3,(H,16,17). The van der Waals surface area contributed by atoms with E-state index in [-0.39, 0.29) is 5.41 Å². The second kappa shape index (κ2) is 4.60. The van der Waals surface area contributed by atoms with Crippen molar-refractivity contribution in [3.63, 3.8) is 0 Å². The van der Waals surface area contributed by atoms with Crippen LogP contribution in [0.15, 0.2) is 0 Å². The molecule has 17 heavy (non-hydrogen) atoms. The topological polar surface area (TPSA) is 40.5 Å². The van der Waals surface area contributed by atoms with Gasteiger partial charge in [0.1, 0.15) is 0 Å². The van der Waals surface area contributed by atoms with Crippen molar-refractivity contribution in [2.75, 3.05) is 19.6 Å². The molecule has 1 saturated heterocycles. The number of carbonyl (C=O) groups is 1. The van der Waals surface area contributed by atoms with E-state index >= 15 is 0 Å². The molecule has 2 fully saturated rings. The Labute approximate surface area is 104 Å². The number of nitrogens with zero attached hydrogens (tertiary/aromatic N) is 1. The van der Waals surface area contributed by atoms with E-state index in [2.05, 4.69) is 18.7 Å². The van der Waals surface area contributed by atoms with Crippen LogP contribution in [0.1, 0.15) is 52.4 Å². The minimum atomic E-state index is -0.582. The summed E-state index contributed by atoms with van der Waals surface area (Å²) in [5.74, 6) is -0.582. The highest BCUT2D eigenvalue weighted by molar-refractivity contribution is 5.78. The molecule has 1 heterocycles. The smallest absolute Gasteiger partial charge is 0.310 e. The van der Waals surface area contributed by atoms with Crippen LogP contribution < -0.4 is 0 Å². The summed E-state index contributed by atoms with van der Waals surface area (Å²) in [5.41, 5.74) is 0.142. The first-order valence-electron chi connectivity index (χ1n) is 7.02. The van der Waals surface area contributed by atoms with E-state index in [4.69, 9.17) is 0 Å². The van der Waals surface area contributed by atoms with Gasteiger partial charge in [-0.25, -0.2) is 0 Å². The third-order valence-corrected chi connectivity index (χ3v) is 4.51. The van der Waals surface area contributed by atoms with Crippen LogP contribution in [0.5, 0.6) is 0 Å². The van der Waals surface area contributed by atoms with Crippen LogP contribution in [-0.4, -0.2) is 35.6 Å². The van der Waals surface area contributed by atoms with Crippen LogP contribution in [0, 0.1) is 10.8 Å². The molecule has 0 radical (unpaired) electrons. The van der Waals surface area contributed by atoms with Crippen LogP contribution in [0.25, 0.3) is 0 Å². The van der Waals surface area contributed by atoms with Crippen molar-refractivity contribution in [2.24, 2.45) is 10.8 Å². The lowest BCUT2D eigenvalue weighted by atomic mass is 9.72. The summed E-state index contributed by atoms with van der Waals surface area (Å²) in [6.07, 6.45) is 6.87. The van der Waals surface area contributed by atoms with Crippen molar-refractivity contribution >= 4 is 5.97 Å². The van der Waals surface area contributed by atoms with E-state index in [0.717, 1.165) is 32.5 Å². The van der Waals surface area contributed by atoms with E-state index in [1.165, 1.54) is 25.7 Å². The van der Waals surface area contributed by atoms with Gasteiger partial charge in [-0.1, -0.05) is 26.7 Å². The van der Waals surface area contributed by atoms with Gasteiger partial charge in [-0.05, 0) is 31.1 Å². The molecule has 3 nitrogen and oxygen atoms in total. The molecule has 0 aromatic rings. The number of rotatable bonds is 7. The molecule has 1 N–H and O–H groups in total. The summed E-state index contributed by atoms with van der Waals surface area (Å²) in [7, 11) is 0. The lowest BCUT2D eigenvalue weighted by Crippen LogP contribution is -2.58. The lowest BCUT2D eigenvalue weighted by molar-refractivity contribution is -0.146. The van der Waals surface area contributed by atoms with Gasteiger partial charge in [-0.3, -0.25) is 4.79 Å². The molecule has 0 amide bonds. The molecule has 0 bridgehead atoms. The highest BCUT2D eigenvalue weighted by Crippen LogP contribution is 2.49. The Morgan fingerprint density at radius 3 is 2.06 bits per heavy atom. The summed E-state index contributed by atoms with van der Waals surface area (Å²) in [6.45, 7) is 7.55. The van der Waals surface area contributed by atoms with E-state index in [1.54, 1.807) is 0 Å². The molecule has 0 aromatic carbocycles. The number of carboxylic acid groups (broad SMARTS) is 1. The quantitative estimate of drug-likeness (QED) is 0.742. The second-order valence-corrected chi connectivity index (χ2v) is 6.23. The molecule has 0 aromatic heterocycles. The largest absolute Gasteiger partial charge is 0.481 e. The van der Waals surface area contributed by atoms with Crippen LogP contribution in [-0.2, 0) is 4.79 Å². The third kappa shape index (κ3) is 2.49. The second-order valence-electron chi connectivity index (χ2n) is 6.23.